The average Bonchev–Trinajstić information content (AvgIpc) is 2.11. The molecule has 3 N–H and O–H groups in total. The molecule has 0 fully saturated rings. The molecule has 0 aromatic heterocycles. The smallest absolute Gasteiger partial charge is 0.211 e. The van der Waals surface area contributed by atoms with E-state index in [1.165, 1.54) is 0 Å². The van der Waals surface area contributed by atoms with Crippen LogP contribution in [0, 0.1) is 0 Å². The topological polar surface area (TPSA) is 72.2 Å². The predicted octanol–water partition coefficient (Wildman–Crippen LogP) is 0.00610. The molecule has 0 saturated heterocycles. The summed E-state index contributed by atoms with van der Waals surface area (Å²) in [5.74, 6) is 0.130. The lowest BCUT2D eigenvalue weighted by Gasteiger charge is -2.09. The summed E-state index contributed by atoms with van der Waals surface area (Å²) in [5.41, 5.74) is 5.22. The molecule has 0 radical (unpaired) electrons. The van der Waals surface area contributed by atoms with Gasteiger partial charge >= 0.3 is 0 Å². The quantitative estimate of drug-likeness (QED) is 0.641. The highest BCUT2D eigenvalue weighted by Crippen LogP contribution is 2.03. The lowest BCUT2D eigenvalue weighted by molar-refractivity contribution is 0.579. The first kappa shape index (κ1) is 13.2. The zero-order chi connectivity index (χ0) is 10.3. The minimum Gasteiger partial charge on any atom is -0.330 e. The van der Waals surface area contributed by atoms with Crippen molar-refractivity contribution in [3.63, 3.8) is 0 Å². The fourth-order valence-corrected chi connectivity index (χ4v) is 2.22. The number of sulfonamides is 1. The Kier molecular flexibility index (Phi) is 6.75. The van der Waals surface area contributed by atoms with Gasteiger partial charge in [-0.15, -0.1) is 0 Å². The van der Waals surface area contributed by atoms with Crippen LogP contribution in [-0.2, 0) is 10.0 Å². The Labute approximate surface area is 84.7 Å². The van der Waals surface area contributed by atoms with Crippen molar-refractivity contribution in [2.75, 3.05) is 25.1 Å². The van der Waals surface area contributed by atoms with E-state index in [1.54, 1.807) is 11.8 Å². The van der Waals surface area contributed by atoms with Crippen LogP contribution in [0.2, 0.25) is 0 Å². The molecule has 0 aliphatic heterocycles. The summed E-state index contributed by atoms with van der Waals surface area (Å²) < 4.78 is 25.0. The highest BCUT2D eigenvalue weighted by molar-refractivity contribution is 7.99. The van der Waals surface area contributed by atoms with Crippen LogP contribution in [0.15, 0.2) is 0 Å². The van der Waals surface area contributed by atoms with Gasteiger partial charge in [-0.25, -0.2) is 13.1 Å². The molecule has 4 nitrogen and oxygen atoms in total. The Hall–Kier alpha value is 0.220. The molecule has 0 aromatic carbocycles. The molecule has 0 aliphatic rings. The summed E-state index contributed by atoms with van der Waals surface area (Å²) in [5, 5.41) is 0.313. The number of nitrogens with two attached hydrogens (primary N) is 1. The SMILES string of the molecule is CSC(C)CNS(=O)(=O)CCCN. The molecule has 13 heavy (non-hydrogen) atoms. The summed E-state index contributed by atoms with van der Waals surface area (Å²) in [6, 6.07) is 0. The zero-order valence-corrected chi connectivity index (χ0v) is 9.75. The van der Waals surface area contributed by atoms with Crippen molar-refractivity contribution >= 4 is 21.8 Å². The first-order chi connectivity index (χ1) is 6.02. The number of hydrogen-bond donors (Lipinski definition) is 2. The molecule has 1 atom stereocenters. The van der Waals surface area contributed by atoms with Crippen LogP contribution >= 0.6 is 11.8 Å². The fraction of sp³-hybridized carbons (Fsp3) is 1.00. The monoisotopic (exact) mass is 226 g/mol. The highest BCUT2D eigenvalue weighted by Gasteiger charge is 2.10. The number of hydrogen-bond acceptors (Lipinski definition) is 4. The standard InChI is InChI=1S/C7H18N2O2S2/c1-7(12-2)6-9-13(10,11)5-3-4-8/h7,9H,3-6,8H2,1-2H3. The largest absolute Gasteiger partial charge is 0.330 e. The number of thioether (sulfide) groups is 1. The molecule has 0 saturated carbocycles. The first-order valence-electron chi connectivity index (χ1n) is 4.22. The third-order valence-electron chi connectivity index (χ3n) is 1.61. The summed E-state index contributed by atoms with van der Waals surface area (Å²) >= 11 is 1.64. The maximum atomic E-state index is 11.2. The molecule has 80 valence electrons. The molecular formula is C7H18N2O2S2. The van der Waals surface area contributed by atoms with Gasteiger partial charge < -0.3 is 5.73 Å². The van der Waals surface area contributed by atoms with E-state index in [0.29, 0.717) is 24.8 Å². The Morgan fingerprint density at radius 1 is 1.54 bits per heavy atom. The fourth-order valence-electron chi connectivity index (χ4n) is 0.673. The second-order valence-corrected chi connectivity index (χ2v) is 6.06. The van der Waals surface area contributed by atoms with E-state index in [9.17, 15) is 8.42 Å². The van der Waals surface area contributed by atoms with E-state index in [2.05, 4.69) is 4.72 Å². The molecule has 0 aliphatic carbocycles. The van der Waals surface area contributed by atoms with Crippen molar-refractivity contribution in [3.05, 3.63) is 0 Å². The predicted molar refractivity (Wildman–Crippen MR) is 58.4 cm³/mol. The second-order valence-electron chi connectivity index (χ2n) is 2.86. The molecule has 0 heterocycles. The van der Waals surface area contributed by atoms with Crippen LogP contribution in [0.25, 0.3) is 0 Å². The van der Waals surface area contributed by atoms with Crippen molar-refractivity contribution in [2.45, 2.75) is 18.6 Å². The van der Waals surface area contributed by atoms with Crippen LogP contribution in [0.4, 0.5) is 0 Å². The van der Waals surface area contributed by atoms with Crippen molar-refractivity contribution in [1.29, 1.82) is 0 Å². The van der Waals surface area contributed by atoms with E-state index in [4.69, 9.17) is 5.73 Å². The molecule has 1 unspecified atom stereocenters. The lowest BCUT2D eigenvalue weighted by Crippen LogP contribution is -2.32. The minimum absolute atomic E-state index is 0.130. The molecule has 0 amide bonds. The van der Waals surface area contributed by atoms with Gasteiger partial charge in [-0.05, 0) is 19.2 Å². The van der Waals surface area contributed by atoms with E-state index in [0.717, 1.165) is 0 Å². The highest BCUT2D eigenvalue weighted by atomic mass is 32.2. The van der Waals surface area contributed by atoms with E-state index < -0.39 is 10.0 Å². The molecule has 0 spiro atoms. The maximum Gasteiger partial charge on any atom is 0.211 e. The Morgan fingerprint density at radius 2 is 2.15 bits per heavy atom. The lowest BCUT2D eigenvalue weighted by atomic mass is 10.5. The maximum absolute atomic E-state index is 11.2. The third kappa shape index (κ3) is 7.30. The average molecular weight is 226 g/mol. The van der Waals surface area contributed by atoms with Gasteiger partial charge in [-0.2, -0.15) is 11.8 Å². The molecule has 0 bridgehead atoms. The molecule has 0 rings (SSSR count). The molecule has 0 aromatic rings. The van der Waals surface area contributed by atoms with E-state index >= 15 is 0 Å². The van der Waals surface area contributed by atoms with Gasteiger partial charge in [0, 0.05) is 11.8 Å². The van der Waals surface area contributed by atoms with Crippen LogP contribution in [0.5, 0.6) is 0 Å². The summed E-state index contributed by atoms with van der Waals surface area (Å²) in [6.07, 6.45) is 2.47. The van der Waals surface area contributed by atoms with Gasteiger partial charge in [-0.3, -0.25) is 0 Å². The molecule has 6 heteroatoms. The van der Waals surface area contributed by atoms with Crippen LogP contribution in [0.3, 0.4) is 0 Å². The Bertz CT molecular complexity index is 217. The van der Waals surface area contributed by atoms with Gasteiger partial charge in [0.1, 0.15) is 0 Å². The van der Waals surface area contributed by atoms with Gasteiger partial charge in [0.15, 0.2) is 0 Å². The zero-order valence-electron chi connectivity index (χ0n) is 8.12. The summed E-state index contributed by atoms with van der Waals surface area (Å²) in [4.78, 5) is 0. The van der Waals surface area contributed by atoms with Gasteiger partial charge in [0.25, 0.3) is 0 Å². The van der Waals surface area contributed by atoms with Crippen LogP contribution in [0.1, 0.15) is 13.3 Å². The number of rotatable bonds is 7. The molecular weight excluding hydrogens is 208 g/mol. The second kappa shape index (κ2) is 6.64. The minimum atomic E-state index is -3.09. The van der Waals surface area contributed by atoms with E-state index in [-0.39, 0.29) is 5.75 Å². The van der Waals surface area contributed by atoms with Crippen molar-refractivity contribution < 1.29 is 8.42 Å². The normalized spacial score (nSPS) is 14.4. The van der Waals surface area contributed by atoms with Gasteiger partial charge in [0.05, 0.1) is 5.75 Å². The summed E-state index contributed by atoms with van der Waals surface area (Å²) in [6.45, 7) is 2.89. The number of nitrogens with one attached hydrogen (secondary N) is 1. The van der Waals surface area contributed by atoms with Crippen molar-refractivity contribution in [3.8, 4) is 0 Å². The Balaban J connectivity index is 3.76. The van der Waals surface area contributed by atoms with Crippen molar-refractivity contribution in [2.24, 2.45) is 5.73 Å². The van der Waals surface area contributed by atoms with Crippen LogP contribution < -0.4 is 10.5 Å². The third-order valence-corrected chi connectivity index (χ3v) is 4.01. The van der Waals surface area contributed by atoms with Gasteiger partial charge in [-0.1, -0.05) is 6.92 Å². The van der Waals surface area contributed by atoms with Crippen molar-refractivity contribution in [1.82, 2.24) is 4.72 Å². The Morgan fingerprint density at radius 3 is 2.62 bits per heavy atom. The van der Waals surface area contributed by atoms with E-state index in [1.807, 2.05) is 13.2 Å². The van der Waals surface area contributed by atoms with Crippen LogP contribution in [-0.4, -0.2) is 38.8 Å². The van der Waals surface area contributed by atoms with Gasteiger partial charge in [0.2, 0.25) is 10.0 Å². The summed E-state index contributed by atoms with van der Waals surface area (Å²) in [7, 11) is -3.09. The first-order valence-corrected chi connectivity index (χ1v) is 7.16.